The summed E-state index contributed by atoms with van der Waals surface area (Å²) in [5.74, 6) is -0.175. The van der Waals surface area contributed by atoms with Crippen LogP contribution in [0.2, 0.25) is 0 Å². The number of halogens is 1. The molecule has 0 unspecified atom stereocenters. The van der Waals surface area contributed by atoms with Crippen molar-refractivity contribution in [3.63, 3.8) is 0 Å². The van der Waals surface area contributed by atoms with Gasteiger partial charge in [-0.1, -0.05) is 24.3 Å². The van der Waals surface area contributed by atoms with Crippen LogP contribution in [0.15, 0.2) is 73.1 Å². The van der Waals surface area contributed by atoms with Crippen LogP contribution in [0.4, 0.5) is 4.39 Å². The lowest BCUT2D eigenvalue weighted by molar-refractivity contribution is 0.330. The van der Waals surface area contributed by atoms with Crippen LogP contribution >= 0.6 is 0 Å². The fourth-order valence-electron chi connectivity index (χ4n) is 3.75. The molecule has 2 aromatic carbocycles. The van der Waals surface area contributed by atoms with E-state index in [-0.39, 0.29) is 5.75 Å². The van der Waals surface area contributed by atoms with Gasteiger partial charge in [-0.05, 0) is 55.9 Å². The molecule has 0 saturated heterocycles. The SMILES string of the molecule is COc1ccc(-c2nn(-c3ccccc3C)cc2CN(C)CCc2ccccn2)cc1F. The molecule has 4 rings (SSSR count). The van der Waals surface area contributed by atoms with Crippen LogP contribution in [-0.2, 0) is 13.0 Å². The fraction of sp³-hybridized carbons (Fsp3) is 0.231. The standard InChI is InChI=1S/C26H27FN4O/c1-19-8-4-5-10-24(19)31-18-21(17-30(2)15-13-22-9-6-7-14-28-22)26(29-31)20-11-12-25(32-3)23(27)16-20/h4-12,14,16,18H,13,15,17H2,1-3H3. The molecule has 0 fully saturated rings. The van der Waals surface area contributed by atoms with E-state index in [0.717, 1.165) is 46.7 Å². The Bertz CT molecular complexity index is 1190. The molecule has 0 bridgehead atoms. The highest BCUT2D eigenvalue weighted by atomic mass is 19.1. The zero-order valence-corrected chi connectivity index (χ0v) is 18.6. The molecule has 0 saturated carbocycles. The number of rotatable bonds is 8. The van der Waals surface area contributed by atoms with Crippen molar-refractivity contribution in [2.75, 3.05) is 20.7 Å². The first kappa shape index (κ1) is 21.7. The molecular formula is C26H27FN4O. The number of nitrogens with zero attached hydrogens (tertiary/aromatic N) is 4. The van der Waals surface area contributed by atoms with Crippen LogP contribution in [0.1, 0.15) is 16.8 Å². The second kappa shape index (κ2) is 9.75. The third kappa shape index (κ3) is 4.86. The molecule has 5 nitrogen and oxygen atoms in total. The molecule has 164 valence electrons. The van der Waals surface area contributed by atoms with Crippen LogP contribution in [0.5, 0.6) is 5.75 Å². The van der Waals surface area contributed by atoms with E-state index in [0.29, 0.717) is 6.54 Å². The van der Waals surface area contributed by atoms with Crippen molar-refractivity contribution in [1.82, 2.24) is 19.7 Å². The van der Waals surface area contributed by atoms with Gasteiger partial charge in [0.05, 0.1) is 18.5 Å². The number of hydrogen-bond donors (Lipinski definition) is 0. The van der Waals surface area contributed by atoms with Gasteiger partial charge in [0.2, 0.25) is 0 Å². The summed E-state index contributed by atoms with van der Waals surface area (Å²) in [6.07, 6.45) is 4.71. The molecule has 0 amide bonds. The molecular weight excluding hydrogens is 403 g/mol. The van der Waals surface area contributed by atoms with Crippen molar-refractivity contribution in [3.8, 4) is 22.7 Å². The second-order valence-electron chi connectivity index (χ2n) is 7.89. The number of aryl methyl sites for hydroxylation is 1. The molecule has 0 aliphatic heterocycles. The molecule has 2 heterocycles. The highest BCUT2D eigenvalue weighted by molar-refractivity contribution is 5.64. The maximum atomic E-state index is 14.5. The summed E-state index contributed by atoms with van der Waals surface area (Å²) in [4.78, 5) is 6.64. The number of benzene rings is 2. The summed E-state index contributed by atoms with van der Waals surface area (Å²) < 4.78 is 21.4. The first-order valence-corrected chi connectivity index (χ1v) is 10.6. The normalized spacial score (nSPS) is 11.2. The lowest BCUT2D eigenvalue weighted by Gasteiger charge is -2.16. The molecule has 0 N–H and O–H groups in total. The van der Waals surface area contributed by atoms with Gasteiger partial charge in [-0.15, -0.1) is 0 Å². The molecule has 32 heavy (non-hydrogen) atoms. The molecule has 0 spiro atoms. The average molecular weight is 431 g/mol. The zero-order chi connectivity index (χ0) is 22.5. The Hall–Kier alpha value is -3.51. The van der Waals surface area contributed by atoms with Crippen molar-refractivity contribution in [3.05, 3.63) is 95.7 Å². The summed E-state index contributed by atoms with van der Waals surface area (Å²) >= 11 is 0. The van der Waals surface area contributed by atoms with Crippen molar-refractivity contribution in [1.29, 1.82) is 0 Å². The second-order valence-corrected chi connectivity index (χ2v) is 7.89. The van der Waals surface area contributed by atoms with E-state index in [1.54, 1.807) is 6.07 Å². The van der Waals surface area contributed by atoms with Crippen molar-refractivity contribution in [2.24, 2.45) is 0 Å². The van der Waals surface area contributed by atoms with Gasteiger partial charge in [-0.25, -0.2) is 9.07 Å². The number of para-hydroxylation sites is 1. The van der Waals surface area contributed by atoms with E-state index in [4.69, 9.17) is 9.84 Å². The molecule has 6 heteroatoms. The van der Waals surface area contributed by atoms with E-state index in [9.17, 15) is 4.39 Å². The molecule has 0 radical (unpaired) electrons. The maximum absolute atomic E-state index is 14.5. The Balaban J connectivity index is 1.65. The molecule has 0 atom stereocenters. The predicted octanol–water partition coefficient (Wildman–Crippen LogP) is 5.06. The van der Waals surface area contributed by atoms with E-state index >= 15 is 0 Å². The van der Waals surface area contributed by atoms with E-state index in [1.807, 2.05) is 59.5 Å². The minimum absolute atomic E-state index is 0.223. The number of pyridine rings is 1. The van der Waals surface area contributed by atoms with Gasteiger partial charge in [0, 0.05) is 48.7 Å². The lowest BCUT2D eigenvalue weighted by Crippen LogP contribution is -2.21. The van der Waals surface area contributed by atoms with Gasteiger partial charge in [0.15, 0.2) is 11.6 Å². The van der Waals surface area contributed by atoms with E-state index < -0.39 is 5.82 Å². The topological polar surface area (TPSA) is 43.2 Å². The highest BCUT2D eigenvalue weighted by Gasteiger charge is 2.17. The van der Waals surface area contributed by atoms with Crippen molar-refractivity contribution in [2.45, 2.75) is 19.9 Å². The number of aromatic nitrogens is 3. The van der Waals surface area contributed by atoms with Crippen LogP contribution in [0, 0.1) is 12.7 Å². The fourth-order valence-corrected chi connectivity index (χ4v) is 3.75. The predicted molar refractivity (Wildman–Crippen MR) is 125 cm³/mol. The minimum atomic E-state index is -0.398. The molecule has 0 aliphatic rings. The first-order valence-electron chi connectivity index (χ1n) is 10.6. The highest BCUT2D eigenvalue weighted by Crippen LogP contribution is 2.29. The van der Waals surface area contributed by atoms with Crippen molar-refractivity contribution < 1.29 is 9.13 Å². The number of ether oxygens (including phenoxy) is 1. The Labute approximate surface area is 188 Å². The summed E-state index contributed by atoms with van der Waals surface area (Å²) in [5, 5.41) is 4.85. The van der Waals surface area contributed by atoms with E-state index in [1.165, 1.54) is 13.2 Å². The van der Waals surface area contributed by atoms with Gasteiger partial charge < -0.3 is 9.64 Å². The maximum Gasteiger partial charge on any atom is 0.165 e. The van der Waals surface area contributed by atoms with Gasteiger partial charge >= 0.3 is 0 Å². The first-order chi connectivity index (χ1) is 15.5. The summed E-state index contributed by atoms with van der Waals surface area (Å²) in [5.41, 5.74) is 5.71. The minimum Gasteiger partial charge on any atom is -0.494 e. The van der Waals surface area contributed by atoms with Crippen LogP contribution in [0.3, 0.4) is 0 Å². The largest absolute Gasteiger partial charge is 0.494 e. The monoisotopic (exact) mass is 430 g/mol. The van der Waals surface area contributed by atoms with Crippen LogP contribution < -0.4 is 4.74 Å². The van der Waals surface area contributed by atoms with Gasteiger partial charge in [0.1, 0.15) is 0 Å². The van der Waals surface area contributed by atoms with Crippen LogP contribution in [-0.4, -0.2) is 40.4 Å². The van der Waals surface area contributed by atoms with Gasteiger partial charge in [-0.3, -0.25) is 4.98 Å². The number of hydrogen-bond acceptors (Lipinski definition) is 4. The quantitative estimate of drug-likeness (QED) is 0.392. The Kier molecular flexibility index (Phi) is 6.61. The summed E-state index contributed by atoms with van der Waals surface area (Å²) in [7, 11) is 3.54. The lowest BCUT2D eigenvalue weighted by atomic mass is 10.1. The Morgan fingerprint density at radius 3 is 2.59 bits per heavy atom. The van der Waals surface area contributed by atoms with Gasteiger partial charge in [-0.2, -0.15) is 5.10 Å². The number of methoxy groups -OCH3 is 1. The summed E-state index contributed by atoms with van der Waals surface area (Å²) in [6, 6.07) is 19.0. The Morgan fingerprint density at radius 1 is 1.06 bits per heavy atom. The van der Waals surface area contributed by atoms with Crippen molar-refractivity contribution >= 4 is 0 Å². The zero-order valence-electron chi connectivity index (χ0n) is 18.6. The third-order valence-electron chi connectivity index (χ3n) is 5.49. The molecule has 0 aliphatic carbocycles. The molecule has 4 aromatic rings. The van der Waals surface area contributed by atoms with E-state index in [2.05, 4.69) is 29.9 Å². The van der Waals surface area contributed by atoms with Crippen LogP contribution in [0.25, 0.3) is 16.9 Å². The summed E-state index contributed by atoms with van der Waals surface area (Å²) in [6.45, 7) is 3.59. The number of likely N-dealkylation sites (N-methyl/N-ethyl adjacent to an activating group) is 1. The third-order valence-corrected chi connectivity index (χ3v) is 5.49. The van der Waals surface area contributed by atoms with Gasteiger partial charge in [0.25, 0.3) is 0 Å². The average Bonchev–Trinajstić information content (AvgIpc) is 3.22. The molecule has 2 aromatic heterocycles. The Morgan fingerprint density at radius 2 is 1.88 bits per heavy atom. The smallest absolute Gasteiger partial charge is 0.165 e.